The molecule has 0 aliphatic heterocycles. The molecular weight excluding hydrogens is 379 g/mol. The van der Waals surface area contributed by atoms with Crippen LogP contribution >= 0.6 is 31.9 Å². The van der Waals surface area contributed by atoms with Gasteiger partial charge in [0.25, 0.3) is 0 Å². The highest BCUT2D eigenvalue weighted by atomic mass is 79.9. The highest BCUT2D eigenvalue weighted by molar-refractivity contribution is 9.11. The third-order valence-corrected chi connectivity index (χ3v) is 3.98. The van der Waals surface area contributed by atoms with E-state index in [9.17, 15) is 9.50 Å². The third kappa shape index (κ3) is 2.99. The van der Waals surface area contributed by atoms with Crippen molar-refractivity contribution >= 4 is 31.9 Å². The van der Waals surface area contributed by atoms with Crippen molar-refractivity contribution in [1.29, 1.82) is 0 Å². The van der Waals surface area contributed by atoms with Gasteiger partial charge in [-0.05, 0) is 24.3 Å². The molecule has 1 unspecified atom stereocenters. The van der Waals surface area contributed by atoms with Gasteiger partial charge in [0, 0.05) is 20.1 Å². The van der Waals surface area contributed by atoms with Gasteiger partial charge in [0.2, 0.25) is 0 Å². The summed E-state index contributed by atoms with van der Waals surface area (Å²) in [4.78, 5) is 0. The SMILES string of the molecule is COc1cccc(C(O)c2cc(Br)ccc2Br)c1F. The second-order valence-electron chi connectivity index (χ2n) is 3.93. The number of halogens is 3. The Labute approximate surface area is 127 Å². The van der Waals surface area contributed by atoms with Gasteiger partial charge >= 0.3 is 0 Å². The molecule has 0 aliphatic carbocycles. The van der Waals surface area contributed by atoms with E-state index in [4.69, 9.17) is 4.74 Å². The van der Waals surface area contributed by atoms with Crippen molar-refractivity contribution in [1.82, 2.24) is 0 Å². The number of hydrogen-bond donors (Lipinski definition) is 1. The molecule has 1 atom stereocenters. The number of hydrogen-bond acceptors (Lipinski definition) is 2. The van der Waals surface area contributed by atoms with Gasteiger partial charge < -0.3 is 9.84 Å². The molecule has 5 heteroatoms. The number of benzene rings is 2. The molecule has 2 nitrogen and oxygen atoms in total. The van der Waals surface area contributed by atoms with E-state index in [0.29, 0.717) is 10.0 Å². The van der Waals surface area contributed by atoms with E-state index in [0.717, 1.165) is 4.47 Å². The van der Waals surface area contributed by atoms with Crippen LogP contribution in [0.3, 0.4) is 0 Å². The third-order valence-electron chi connectivity index (χ3n) is 2.76. The summed E-state index contributed by atoms with van der Waals surface area (Å²) in [6.45, 7) is 0. The first-order chi connectivity index (χ1) is 9.04. The Morgan fingerprint density at radius 1 is 1.16 bits per heavy atom. The smallest absolute Gasteiger partial charge is 0.171 e. The van der Waals surface area contributed by atoms with E-state index in [-0.39, 0.29) is 11.3 Å². The monoisotopic (exact) mass is 388 g/mol. The van der Waals surface area contributed by atoms with Crippen LogP contribution in [-0.2, 0) is 0 Å². The van der Waals surface area contributed by atoms with E-state index in [1.54, 1.807) is 18.2 Å². The molecular formula is C14H11Br2FO2. The first kappa shape index (κ1) is 14.5. The molecule has 2 rings (SSSR count). The van der Waals surface area contributed by atoms with E-state index in [1.807, 2.05) is 6.07 Å². The molecule has 1 N–H and O–H groups in total. The number of rotatable bonds is 3. The summed E-state index contributed by atoms with van der Waals surface area (Å²) in [6.07, 6.45) is -1.07. The lowest BCUT2D eigenvalue weighted by Gasteiger charge is -2.15. The largest absolute Gasteiger partial charge is 0.494 e. The maximum Gasteiger partial charge on any atom is 0.171 e. The number of ether oxygens (including phenoxy) is 1. The molecule has 0 amide bonds. The molecule has 0 saturated carbocycles. The van der Waals surface area contributed by atoms with Crippen molar-refractivity contribution in [2.45, 2.75) is 6.10 Å². The number of methoxy groups -OCH3 is 1. The zero-order chi connectivity index (χ0) is 14.0. The van der Waals surface area contributed by atoms with Crippen LogP contribution < -0.4 is 4.74 Å². The van der Waals surface area contributed by atoms with Gasteiger partial charge in [-0.25, -0.2) is 4.39 Å². The van der Waals surface area contributed by atoms with Crippen molar-refractivity contribution in [3.8, 4) is 5.75 Å². The summed E-state index contributed by atoms with van der Waals surface area (Å²) in [5, 5.41) is 10.4. The van der Waals surface area contributed by atoms with Crippen molar-refractivity contribution in [3.63, 3.8) is 0 Å². The second kappa shape index (κ2) is 6.03. The normalized spacial score (nSPS) is 12.3. The lowest BCUT2D eigenvalue weighted by atomic mass is 10.0. The van der Waals surface area contributed by atoms with Crippen molar-refractivity contribution in [2.75, 3.05) is 7.11 Å². The van der Waals surface area contributed by atoms with Gasteiger partial charge in [0.15, 0.2) is 11.6 Å². The van der Waals surface area contributed by atoms with Crippen LogP contribution in [-0.4, -0.2) is 12.2 Å². The van der Waals surface area contributed by atoms with E-state index >= 15 is 0 Å². The van der Waals surface area contributed by atoms with Crippen molar-refractivity contribution in [2.24, 2.45) is 0 Å². The first-order valence-corrected chi connectivity index (χ1v) is 7.08. The van der Waals surface area contributed by atoms with Gasteiger partial charge in [0.1, 0.15) is 6.10 Å². The predicted molar refractivity (Wildman–Crippen MR) is 78.9 cm³/mol. The Hall–Kier alpha value is -0.910. The Balaban J connectivity index is 2.50. The summed E-state index contributed by atoms with van der Waals surface area (Å²) >= 11 is 6.69. The average molecular weight is 390 g/mol. The Morgan fingerprint density at radius 3 is 2.58 bits per heavy atom. The van der Waals surface area contributed by atoms with Crippen molar-refractivity contribution < 1.29 is 14.2 Å². The van der Waals surface area contributed by atoms with E-state index < -0.39 is 11.9 Å². The molecule has 0 aliphatic rings. The fourth-order valence-electron chi connectivity index (χ4n) is 1.79. The first-order valence-electron chi connectivity index (χ1n) is 5.50. The molecule has 0 fully saturated rings. The highest BCUT2D eigenvalue weighted by Crippen LogP contribution is 2.34. The Bertz CT molecular complexity index is 602. The van der Waals surface area contributed by atoms with Gasteiger partial charge in [-0.3, -0.25) is 0 Å². The number of aliphatic hydroxyl groups excluding tert-OH is 1. The van der Waals surface area contributed by atoms with Crippen LogP contribution in [0.5, 0.6) is 5.75 Å². The zero-order valence-electron chi connectivity index (χ0n) is 10.0. The van der Waals surface area contributed by atoms with E-state index in [2.05, 4.69) is 31.9 Å². The standard InChI is InChI=1S/C14H11Br2FO2/c1-19-12-4-2-3-9(13(12)17)14(18)10-7-8(15)5-6-11(10)16/h2-7,14,18H,1H3. The molecule has 100 valence electrons. The van der Waals surface area contributed by atoms with Crippen LogP contribution in [0.15, 0.2) is 45.3 Å². The predicted octanol–water partition coefficient (Wildman–Crippen LogP) is 4.44. The minimum Gasteiger partial charge on any atom is -0.494 e. The van der Waals surface area contributed by atoms with Gasteiger partial charge in [0.05, 0.1) is 7.11 Å². The topological polar surface area (TPSA) is 29.5 Å². The lowest BCUT2D eigenvalue weighted by molar-refractivity contribution is 0.212. The molecule has 0 heterocycles. The molecule has 0 aromatic heterocycles. The molecule has 2 aromatic rings. The van der Waals surface area contributed by atoms with Crippen LogP contribution in [0, 0.1) is 5.82 Å². The minimum absolute atomic E-state index is 0.114. The average Bonchev–Trinajstić information content (AvgIpc) is 2.41. The van der Waals surface area contributed by atoms with Crippen LogP contribution in [0.4, 0.5) is 4.39 Å². The fraction of sp³-hybridized carbons (Fsp3) is 0.143. The molecule has 0 bridgehead atoms. The Kier molecular flexibility index (Phi) is 4.60. The maximum absolute atomic E-state index is 14.1. The minimum atomic E-state index is -1.07. The van der Waals surface area contributed by atoms with Crippen LogP contribution in [0.2, 0.25) is 0 Å². The highest BCUT2D eigenvalue weighted by Gasteiger charge is 2.20. The second-order valence-corrected chi connectivity index (χ2v) is 5.70. The summed E-state index contributed by atoms with van der Waals surface area (Å²) in [6, 6.07) is 10.1. The van der Waals surface area contributed by atoms with E-state index in [1.165, 1.54) is 19.2 Å². The van der Waals surface area contributed by atoms with Gasteiger partial charge in [-0.15, -0.1) is 0 Å². The van der Waals surface area contributed by atoms with Gasteiger partial charge in [-0.2, -0.15) is 0 Å². The van der Waals surface area contributed by atoms with Gasteiger partial charge in [-0.1, -0.05) is 44.0 Å². The molecule has 0 radical (unpaired) electrons. The maximum atomic E-state index is 14.1. The molecule has 2 aromatic carbocycles. The zero-order valence-corrected chi connectivity index (χ0v) is 13.2. The lowest BCUT2D eigenvalue weighted by Crippen LogP contribution is -2.04. The molecule has 0 saturated heterocycles. The van der Waals surface area contributed by atoms with Crippen molar-refractivity contribution in [3.05, 3.63) is 62.3 Å². The number of aliphatic hydroxyl groups is 1. The summed E-state index contributed by atoms with van der Waals surface area (Å²) < 4.78 is 20.6. The Morgan fingerprint density at radius 2 is 1.89 bits per heavy atom. The van der Waals surface area contributed by atoms with Crippen LogP contribution in [0.25, 0.3) is 0 Å². The summed E-state index contributed by atoms with van der Waals surface area (Å²) in [5.41, 5.74) is 0.764. The fourth-order valence-corrected chi connectivity index (χ4v) is 2.63. The summed E-state index contributed by atoms with van der Waals surface area (Å²) in [5.74, 6) is -0.438. The molecule has 19 heavy (non-hydrogen) atoms. The quantitative estimate of drug-likeness (QED) is 0.840. The molecule has 0 spiro atoms. The summed E-state index contributed by atoms with van der Waals surface area (Å²) in [7, 11) is 1.39. The van der Waals surface area contributed by atoms with Crippen LogP contribution in [0.1, 0.15) is 17.2 Å².